The number of thioether (sulfide) groups is 1. The number of nitrogens with one attached hydrogen (secondary N) is 1. The smallest absolute Gasteiger partial charge is 0.306 e. The molecule has 1 rings (SSSR count). The van der Waals surface area contributed by atoms with E-state index in [4.69, 9.17) is 5.11 Å². The maximum absolute atomic E-state index is 11.6. The normalized spacial score (nSPS) is 26.4. The van der Waals surface area contributed by atoms with Crippen LogP contribution in [0.4, 0.5) is 0 Å². The first kappa shape index (κ1) is 13.4. The van der Waals surface area contributed by atoms with Gasteiger partial charge in [0, 0.05) is 17.7 Å². The Morgan fingerprint density at radius 2 is 2.19 bits per heavy atom. The van der Waals surface area contributed by atoms with Crippen LogP contribution in [0, 0.1) is 5.92 Å². The first-order valence-corrected chi connectivity index (χ1v) is 6.86. The first-order valence-electron chi connectivity index (χ1n) is 5.58. The fourth-order valence-corrected chi connectivity index (χ4v) is 2.29. The van der Waals surface area contributed by atoms with Gasteiger partial charge in [-0.25, -0.2) is 0 Å². The van der Waals surface area contributed by atoms with Crippen molar-refractivity contribution in [2.75, 3.05) is 6.26 Å². The third kappa shape index (κ3) is 4.04. The van der Waals surface area contributed by atoms with Crippen LogP contribution in [-0.4, -0.2) is 34.5 Å². The van der Waals surface area contributed by atoms with Gasteiger partial charge in [0.2, 0.25) is 5.91 Å². The molecule has 3 atom stereocenters. The number of carboxylic acids is 1. The highest BCUT2D eigenvalue weighted by molar-refractivity contribution is 7.99. The van der Waals surface area contributed by atoms with E-state index >= 15 is 0 Å². The third-order valence-electron chi connectivity index (χ3n) is 3.02. The number of aliphatic carboxylic acids is 1. The SMILES string of the molecule is CSC(C)CC(=O)N[C@H]1CC[C@@H](C(=O)O)C1. The lowest BCUT2D eigenvalue weighted by molar-refractivity contribution is -0.141. The van der Waals surface area contributed by atoms with Gasteiger partial charge in [-0.15, -0.1) is 0 Å². The van der Waals surface area contributed by atoms with Crippen LogP contribution in [0.25, 0.3) is 0 Å². The van der Waals surface area contributed by atoms with E-state index in [-0.39, 0.29) is 17.9 Å². The highest BCUT2D eigenvalue weighted by Crippen LogP contribution is 2.25. The van der Waals surface area contributed by atoms with Gasteiger partial charge >= 0.3 is 5.97 Å². The summed E-state index contributed by atoms with van der Waals surface area (Å²) in [5.41, 5.74) is 0. The first-order chi connectivity index (χ1) is 7.52. The zero-order chi connectivity index (χ0) is 12.1. The minimum absolute atomic E-state index is 0.0397. The van der Waals surface area contributed by atoms with Crippen molar-refractivity contribution in [3.05, 3.63) is 0 Å². The van der Waals surface area contributed by atoms with E-state index in [0.717, 1.165) is 6.42 Å². The van der Waals surface area contributed by atoms with E-state index in [1.165, 1.54) is 0 Å². The van der Waals surface area contributed by atoms with Gasteiger partial charge in [-0.1, -0.05) is 6.92 Å². The fourth-order valence-electron chi connectivity index (χ4n) is 1.97. The molecule has 0 saturated heterocycles. The Bertz CT molecular complexity index is 270. The maximum atomic E-state index is 11.6. The molecule has 0 radical (unpaired) electrons. The number of carbonyl (C=O) groups excluding carboxylic acids is 1. The van der Waals surface area contributed by atoms with Gasteiger partial charge in [0.05, 0.1) is 5.92 Å². The monoisotopic (exact) mass is 245 g/mol. The summed E-state index contributed by atoms with van der Waals surface area (Å²) < 4.78 is 0. The summed E-state index contributed by atoms with van der Waals surface area (Å²) in [4.78, 5) is 22.3. The van der Waals surface area contributed by atoms with Crippen molar-refractivity contribution in [3.8, 4) is 0 Å². The van der Waals surface area contributed by atoms with Gasteiger partial charge in [0.1, 0.15) is 0 Å². The topological polar surface area (TPSA) is 66.4 Å². The molecular weight excluding hydrogens is 226 g/mol. The molecule has 0 spiro atoms. The summed E-state index contributed by atoms with van der Waals surface area (Å²) in [7, 11) is 0. The second-order valence-electron chi connectivity index (χ2n) is 4.36. The maximum Gasteiger partial charge on any atom is 0.306 e. The predicted octanol–water partition coefficient (Wildman–Crippen LogP) is 1.50. The van der Waals surface area contributed by atoms with Crippen molar-refractivity contribution in [2.24, 2.45) is 5.92 Å². The van der Waals surface area contributed by atoms with Crippen molar-refractivity contribution >= 4 is 23.6 Å². The lowest BCUT2D eigenvalue weighted by Gasteiger charge is -2.14. The fraction of sp³-hybridized carbons (Fsp3) is 0.818. The van der Waals surface area contributed by atoms with Crippen LogP contribution >= 0.6 is 11.8 Å². The van der Waals surface area contributed by atoms with Crippen LogP contribution in [0.2, 0.25) is 0 Å². The summed E-state index contributed by atoms with van der Waals surface area (Å²) in [5.74, 6) is -0.976. The Balaban J connectivity index is 2.28. The highest BCUT2D eigenvalue weighted by atomic mass is 32.2. The molecule has 0 heterocycles. The van der Waals surface area contributed by atoms with Gasteiger partial charge < -0.3 is 10.4 Å². The molecule has 4 nitrogen and oxygen atoms in total. The third-order valence-corrected chi connectivity index (χ3v) is 3.99. The number of rotatable bonds is 5. The predicted molar refractivity (Wildman–Crippen MR) is 64.5 cm³/mol. The minimum atomic E-state index is -0.741. The summed E-state index contributed by atoms with van der Waals surface area (Å²) in [6, 6.07) is 0.0580. The molecular formula is C11H19NO3S. The standard InChI is InChI=1S/C11H19NO3S/c1-7(16-2)5-10(13)12-9-4-3-8(6-9)11(14)15/h7-9H,3-6H2,1-2H3,(H,12,13)(H,14,15)/t7?,8-,9+/m1/s1. The second kappa shape index (κ2) is 6.13. The lowest BCUT2D eigenvalue weighted by atomic mass is 10.1. The van der Waals surface area contributed by atoms with E-state index in [0.29, 0.717) is 24.5 Å². The van der Waals surface area contributed by atoms with Crippen molar-refractivity contribution in [3.63, 3.8) is 0 Å². The zero-order valence-electron chi connectivity index (χ0n) is 9.73. The molecule has 92 valence electrons. The molecule has 1 saturated carbocycles. The van der Waals surface area contributed by atoms with Crippen LogP contribution in [0.3, 0.4) is 0 Å². The van der Waals surface area contributed by atoms with Gasteiger partial charge in [0.15, 0.2) is 0 Å². The second-order valence-corrected chi connectivity index (χ2v) is 5.64. The number of hydrogen-bond donors (Lipinski definition) is 2. The summed E-state index contributed by atoms with van der Waals surface area (Å²) in [6.45, 7) is 2.01. The van der Waals surface area contributed by atoms with E-state index < -0.39 is 5.97 Å². The van der Waals surface area contributed by atoms with Crippen molar-refractivity contribution < 1.29 is 14.7 Å². The molecule has 1 amide bonds. The number of carboxylic acid groups (broad SMARTS) is 1. The van der Waals surface area contributed by atoms with E-state index in [1.54, 1.807) is 11.8 Å². The highest BCUT2D eigenvalue weighted by Gasteiger charge is 2.30. The van der Waals surface area contributed by atoms with Gasteiger partial charge in [-0.05, 0) is 25.5 Å². The van der Waals surface area contributed by atoms with E-state index in [2.05, 4.69) is 5.32 Å². The Kier molecular flexibility index (Phi) is 5.12. The largest absolute Gasteiger partial charge is 0.481 e. The quantitative estimate of drug-likeness (QED) is 0.770. The molecule has 1 aliphatic carbocycles. The summed E-state index contributed by atoms with van der Waals surface area (Å²) >= 11 is 1.66. The van der Waals surface area contributed by atoms with E-state index in [1.807, 2.05) is 13.2 Å². The van der Waals surface area contributed by atoms with Crippen LogP contribution in [-0.2, 0) is 9.59 Å². The number of hydrogen-bond acceptors (Lipinski definition) is 3. The molecule has 1 fully saturated rings. The Labute approximate surface area is 100 Å². The Hall–Kier alpha value is -0.710. The number of carbonyl (C=O) groups is 2. The molecule has 5 heteroatoms. The molecule has 16 heavy (non-hydrogen) atoms. The summed E-state index contributed by atoms with van der Waals surface area (Å²) in [5, 5.41) is 12.1. The Morgan fingerprint density at radius 3 is 2.69 bits per heavy atom. The molecule has 0 aromatic heterocycles. The molecule has 2 N–H and O–H groups in total. The minimum Gasteiger partial charge on any atom is -0.481 e. The van der Waals surface area contributed by atoms with Gasteiger partial charge in [-0.3, -0.25) is 9.59 Å². The molecule has 1 aliphatic rings. The molecule has 0 aromatic carbocycles. The number of amides is 1. The lowest BCUT2D eigenvalue weighted by Crippen LogP contribution is -2.34. The summed E-state index contributed by atoms with van der Waals surface area (Å²) in [6.07, 6.45) is 4.53. The van der Waals surface area contributed by atoms with Crippen LogP contribution in [0.5, 0.6) is 0 Å². The zero-order valence-corrected chi connectivity index (χ0v) is 10.5. The van der Waals surface area contributed by atoms with Gasteiger partial charge in [-0.2, -0.15) is 11.8 Å². The Morgan fingerprint density at radius 1 is 1.50 bits per heavy atom. The van der Waals surface area contributed by atoms with Crippen LogP contribution in [0.15, 0.2) is 0 Å². The van der Waals surface area contributed by atoms with Gasteiger partial charge in [0.25, 0.3) is 0 Å². The van der Waals surface area contributed by atoms with E-state index in [9.17, 15) is 9.59 Å². The van der Waals surface area contributed by atoms with Crippen LogP contribution < -0.4 is 5.32 Å². The van der Waals surface area contributed by atoms with Crippen molar-refractivity contribution in [1.29, 1.82) is 0 Å². The van der Waals surface area contributed by atoms with Crippen molar-refractivity contribution in [1.82, 2.24) is 5.32 Å². The molecule has 0 aliphatic heterocycles. The molecule has 0 bridgehead atoms. The van der Waals surface area contributed by atoms with Crippen molar-refractivity contribution in [2.45, 2.75) is 43.9 Å². The van der Waals surface area contributed by atoms with Crippen LogP contribution in [0.1, 0.15) is 32.6 Å². The average molecular weight is 245 g/mol. The average Bonchev–Trinajstić information content (AvgIpc) is 2.65. The molecule has 0 aromatic rings. The molecule has 1 unspecified atom stereocenters.